The molecule has 1 aliphatic heterocycles. The lowest BCUT2D eigenvalue weighted by atomic mass is 10.1. The van der Waals surface area contributed by atoms with Crippen LogP contribution in [0.3, 0.4) is 0 Å². The molecule has 1 aliphatic rings. The van der Waals surface area contributed by atoms with E-state index in [0.717, 1.165) is 13.0 Å². The van der Waals surface area contributed by atoms with E-state index in [1.807, 2.05) is 6.07 Å². The highest BCUT2D eigenvalue weighted by molar-refractivity contribution is 5.93. The topological polar surface area (TPSA) is 64.4 Å². The Bertz CT molecular complexity index is 387. The van der Waals surface area contributed by atoms with Gasteiger partial charge in [-0.15, -0.1) is 0 Å². The summed E-state index contributed by atoms with van der Waals surface area (Å²) in [6.45, 7) is 1.71. The van der Waals surface area contributed by atoms with Gasteiger partial charge in [-0.2, -0.15) is 0 Å². The number of amides is 1. The van der Waals surface area contributed by atoms with Crippen molar-refractivity contribution in [3.8, 4) is 5.75 Å². The molecule has 1 atom stereocenters. The van der Waals surface area contributed by atoms with Crippen LogP contribution in [0.2, 0.25) is 0 Å². The van der Waals surface area contributed by atoms with Crippen LogP contribution in [-0.4, -0.2) is 25.1 Å². The second-order valence-electron chi connectivity index (χ2n) is 4.35. The Balaban J connectivity index is 1.89. The van der Waals surface area contributed by atoms with Crippen molar-refractivity contribution < 1.29 is 9.53 Å². The minimum Gasteiger partial charge on any atom is -0.492 e. The summed E-state index contributed by atoms with van der Waals surface area (Å²) in [6.07, 6.45) is 3.64. The van der Waals surface area contributed by atoms with Gasteiger partial charge < -0.3 is 15.8 Å². The van der Waals surface area contributed by atoms with E-state index >= 15 is 0 Å². The van der Waals surface area contributed by atoms with Crippen LogP contribution >= 0.6 is 0 Å². The molecule has 1 saturated heterocycles. The summed E-state index contributed by atoms with van der Waals surface area (Å²) in [4.78, 5) is 11.0. The Hall–Kier alpha value is -1.55. The average Bonchev–Trinajstić information content (AvgIpc) is 2.38. The number of hydrogen-bond donors (Lipinski definition) is 2. The molecule has 3 N–H and O–H groups in total. The molecule has 17 heavy (non-hydrogen) atoms. The third-order valence-corrected chi connectivity index (χ3v) is 2.98. The van der Waals surface area contributed by atoms with E-state index in [1.165, 1.54) is 12.8 Å². The van der Waals surface area contributed by atoms with Gasteiger partial charge in [0, 0.05) is 11.6 Å². The molecule has 1 unspecified atom stereocenters. The number of benzene rings is 1. The minimum absolute atomic E-state index is 0.418. The molecular formula is C13H18N2O2. The Morgan fingerprint density at radius 2 is 2.35 bits per heavy atom. The molecule has 1 fully saturated rings. The zero-order valence-electron chi connectivity index (χ0n) is 9.82. The summed E-state index contributed by atoms with van der Waals surface area (Å²) in [5.41, 5.74) is 5.70. The van der Waals surface area contributed by atoms with Crippen molar-refractivity contribution in [3.63, 3.8) is 0 Å². The van der Waals surface area contributed by atoms with E-state index in [4.69, 9.17) is 10.5 Å². The predicted octanol–water partition coefficient (Wildman–Crippen LogP) is 1.31. The maximum Gasteiger partial charge on any atom is 0.248 e. The van der Waals surface area contributed by atoms with Crippen LogP contribution in [-0.2, 0) is 0 Å². The maximum atomic E-state index is 11.0. The van der Waals surface area contributed by atoms with Crippen LogP contribution in [0.5, 0.6) is 5.75 Å². The van der Waals surface area contributed by atoms with Gasteiger partial charge >= 0.3 is 0 Å². The van der Waals surface area contributed by atoms with E-state index in [0.29, 0.717) is 24.0 Å². The van der Waals surface area contributed by atoms with E-state index in [2.05, 4.69) is 5.32 Å². The Labute approximate surface area is 101 Å². The molecule has 1 heterocycles. The van der Waals surface area contributed by atoms with Gasteiger partial charge in [0.15, 0.2) is 0 Å². The number of carbonyl (C=O) groups is 1. The zero-order valence-corrected chi connectivity index (χ0v) is 9.82. The molecular weight excluding hydrogens is 216 g/mol. The zero-order chi connectivity index (χ0) is 12.1. The fourth-order valence-corrected chi connectivity index (χ4v) is 2.00. The molecule has 0 radical (unpaired) electrons. The molecule has 2 rings (SSSR count). The number of nitrogens with two attached hydrogens (primary N) is 1. The van der Waals surface area contributed by atoms with Crippen LogP contribution in [0.1, 0.15) is 29.6 Å². The summed E-state index contributed by atoms with van der Waals surface area (Å²) in [6, 6.07) is 7.42. The molecule has 1 amide bonds. The molecule has 0 spiro atoms. The van der Waals surface area contributed by atoms with Crippen LogP contribution in [0.25, 0.3) is 0 Å². The van der Waals surface area contributed by atoms with Gasteiger partial charge in [0.05, 0.1) is 0 Å². The van der Waals surface area contributed by atoms with Crippen molar-refractivity contribution in [2.75, 3.05) is 13.2 Å². The molecule has 0 aliphatic carbocycles. The second kappa shape index (κ2) is 5.68. The third-order valence-electron chi connectivity index (χ3n) is 2.98. The first-order valence-electron chi connectivity index (χ1n) is 6.02. The largest absolute Gasteiger partial charge is 0.492 e. The summed E-state index contributed by atoms with van der Waals surface area (Å²) in [5, 5.41) is 3.41. The van der Waals surface area contributed by atoms with Crippen molar-refractivity contribution in [3.05, 3.63) is 29.8 Å². The number of piperidine rings is 1. The summed E-state index contributed by atoms with van der Waals surface area (Å²) < 4.78 is 5.67. The van der Waals surface area contributed by atoms with Crippen LogP contribution < -0.4 is 15.8 Å². The smallest absolute Gasteiger partial charge is 0.248 e. The minimum atomic E-state index is -0.425. The molecule has 0 saturated carbocycles. The first-order chi connectivity index (χ1) is 8.25. The number of rotatable bonds is 4. The van der Waals surface area contributed by atoms with Crippen molar-refractivity contribution in [2.45, 2.75) is 25.3 Å². The van der Waals surface area contributed by atoms with E-state index in [1.54, 1.807) is 18.2 Å². The number of hydrogen-bond acceptors (Lipinski definition) is 3. The first-order valence-corrected chi connectivity index (χ1v) is 6.02. The second-order valence-corrected chi connectivity index (χ2v) is 4.35. The van der Waals surface area contributed by atoms with Crippen molar-refractivity contribution in [1.29, 1.82) is 0 Å². The van der Waals surface area contributed by atoms with Crippen LogP contribution in [0, 0.1) is 0 Å². The summed E-state index contributed by atoms with van der Waals surface area (Å²) >= 11 is 0. The Morgan fingerprint density at radius 3 is 3.06 bits per heavy atom. The summed E-state index contributed by atoms with van der Waals surface area (Å²) in [7, 11) is 0. The molecule has 4 nitrogen and oxygen atoms in total. The van der Waals surface area contributed by atoms with Gasteiger partial charge in [0.25, 0.3) is 0 Å². The molecule has 4 heteroatoms. The van der Waals surface area contributed by atoms with E-state index < -0.39 is 5.91 Å². The Kier molecular flexibility index (Phi) is 3.98. The maximum absolute atomic E-state index is 11.0. The third kappa shape index (κ3) is 3.46. The van der Waals surface area contributed by atoms with E-state index in [-0.39, 0.29) is 0 Å². The Morgan fingerprint density at radius 1 is 1.47 bits per heavy atom. The monoisotopic (exact) mass is 234 g/mol. The molecule has 92 valence electrons. The van der Waals surface area contributed by atoms with Crippen molar-refractivity contribution in [1.82, 2.24) is 5.32 Å². The number of primary amides is 1. The highest BCUT2D eigenvalue weighted by Gasteiger charge is 2.13. The average molecular weight is 234 g/mol. The number of carbonyl (C=O) groups excluding carboxylic acids is 1. The highest BCUT2D eigenvalue weighted by Crippen LogP contribution is 2.14. The van der Waals surface area contributed by atoms with Crippen LogP contribution in [0.15, 0.2) is 24.3 Å². The van der Waals surface area contributed by atoms with Gasteiger partial charge in [0.2, 0.25) is 5.91 Å². The van der Waals surface area contributed by atoms with Gasteiger partial charge in [-0.25, -0.2) is 0 Å². The van der Waals surface area contributed by atoms with Crippen molar-refractivity contribution >= 4 is 5.91 Å². The van der Waals surface area contributed by atoms with Crippen molar-refractivity contribution in [2.24, 2.45) is 5.73 Å². The van der Waals surface area contributed by atoms with Crippen LogP contribution in [0.4, 0.5) is 0 Å². The van der Waals surface area contributed by atoms with Gasteiger partial charge in [-0.1, -0.05) is 12.5 Å². The lowest BCUT2D eigenvalue weighted by Crippen LogP contribution is -2.38. The number of nitrogens with one attached hydrogen (secondary N) is 1. The summed E-state index contributed by atoms with van der Waals surface area (Å²) in [5.74, 6) is 0.278. The fraction of sp³-hybridized carbons (Fsp3) is 0.462. The van der Waals surface area contributed by atoms with Gasteiger partial charge in [-0.3, -0.25) is 4.79 Å². The fourth-order valence-electron chi connectivity index (χ4n) is 2.00. The lowest BCUT2D eigenvalue weighted by Gasteiger charge is -2.23. The van der Waals surface area contributed by atoms with Gasteiger partial charge in [-0.05, 0) is 37.6 Å². The van der Waals surface area contributed by atoms with Gasteiger partial charge in [0.1, 0.15) is 12.4 Å². The highest BCUT2D eigenvalue weighted by atomic mass is 16.5. The quantitative estimate of drug-likeness (QED) is 0.825. The first kappa shape index (κ1) is 11.9. The number of ether oxygens (including phenoxy) is 1. The van der Waals surface area contributed by atoms with E-state index in [9.17, 15) is 4.79 Å². The SMILES string of the molecule is NC(=O)c1cccc(OCC2CCCCN2)c1. The molecule has 1 aromatic carbocycles. The standard InChI is InChI=1S/C13H18N2O2/c14-13(16)10-4-3-6-12(8-10)17-9-11-5-1-2-7-15-11/h3-4,6,8,11,15H,1-2,5,7,9H2,(H2,14,16). The molecule has 1 aromatic rings. The predicted molar refractivity (Wildman–Crippen MR) is 66.1 cm³/mol. The normalized spacial score (nSPS) is 19.9. The molecule has 0 aromatic heterocycles. The lowest BCUT2D eigenvalue weighted by molar-refractivity contribution is 0.1000. The molecule has 0 bridgehead atoms.